The molecular weight excluding hydrogens is 180 g/mol. The predicted molar refractivity (Wildman–Crippen MR) is 53.8 cm³/mol. The van der Waals surface area contributed by atoms with E-state index in [0.717, 1.165) is 13.1 Å². The summed E-state index contributed by atoms with van der Waals surface area (Å²) in [5.74, 6) is 2.43. The lowest BCUT2D eigenvalue weighted by Crippen LogP contribution is -2.48. The maximum Gasteiger partial charge on any atom is 0.411 e. The average molecular weight is 196 g/mol. The minimum Gasteiger partial charge on any atom is -0.430 e. The molecule has 0 radical (unpaired) electrons. The molecule has 0 aromatic carbocycles. The summed E-state index contributed by atoms with van der Waals surface area (Å²) in [6.07, 6.45) is 4.90. The Kier molecular flexibility index (Phi) is 3.37. The van der Waals surface area contributed by atoms with Gasteiger partial charge in [-0.25, -0.2) is 4.79 Å². The number of hydrogen-bond donors (Lipinski definition) is 1. The van der Waals surface area contributed by atoms with Crippen LogP contribution < -0.4 is 5.32 Å². The first-order valence-corrected chi connectivity index (χ1v) is 4.71. The zero-order valence-corrected chi connectivity index (χ0v) is 8.67. The van der Waals surface area contributed by atoms with Gasteiger partial charge in [0.2, 0.25) is 0 Å². The van der Waals surface area contributed by atoms with E-state index < -0.39 is 5.60 Å². The summed E-state index contributed by atoms with van der Waals surface area (Å²) >= 11 is 0. The molecule has 0 saturated carbocycles. The summed E-state index contributed by atoms with van der Waals surface area (Å²) in [5, 5.41) is 3.16. The average Bonchev–Trinajstić information content (AvgIpc) is 2.19. The van der Waals surface area contributed by atoms with Crippen molar-refractivity contribution in [1.82, 2.24) is 10.2 Å². The smallest absolute Gasteiger partial charge is 0.411 e. The van der Waals surface area contributed by atoms with Crippen LogP contribution >= 0.6 is 0 Å². The molecule has 1 aliphatic rings. The number of amides is 1. The fourth-order valence-electron chi connectivity index (χ4n) is 1.16. The molecule has 1 fully saturated rings. The van der Waals surface area contributed by atoms with Gasteiger partial charge in [0.15, 0.2) is 5.60 Å². The van der Waals surface area contributed by atoms with Crippen LogP contribution in [0, 0.1) is 12.3 Å². The highest BCUT2D eigenvalue weighted by Gasteiger charge is 2.24. The van der Waals surface area contributed by atoms with Crippen LogP contribution in [0.5, 0.6) is 0 Å². The van der Waals surface area contributed by atoms with Gasteiger partial charge in [-0.2, -0.15) is 0 Å². The minimum atomic E-state index is -0.818. The van der Waals surface area contributed by atoms with Crippen molar-refractivity contribution in [2.24, 2.45) is 0 Å². The Morgan fingerprint density at radius 1 is 1.50 bits per heavy atom. The Morgan fingerprint density at radius 3 is 2.57 bits per heavy atom. The highest BCUT2D eigenvalue weighted by Crippen LogP contribution is 2.10. The summed E-state index contributed by atoms with van der Waals surface area (Å²) in [6, 6.07) is 0. The lowest BCUT2D eigenvalue weighted by Gasteiger charge is -2.29. The molecule has 0 atom stereocenters. The monoisotopic (exact) mass is 196 g/mol. The lowest BCUT2D eigenvalue weighted by molar-refractivity contribution is 0.0435. The molecule has 78 valence electrons. The van der Waals surface area contributed by atoms with Crippen molar-refractivity contribution >= 4 is 6.09 Å². The number of carbonyl (C=O) groups is 1. The van der Waals surface area contributed by atoms with E-state index in [-0.39, 0.29) is 6.09 Å². The molecule has 14 heavy (non-hydrogen) atoms. The Bertz CT molecular complexity index is 249. The molecule has 0 bridgehead atoms. The van der Waals surface area contributed by atoms with Crippen LogP contribution in [0.25, 0.3) is 0 Å². The fraction of sp³-hybridized carbons (Fsp3) is 0.700. The first kappa shape index (κ1) is 10.9. The van der Waals surface area contributed by atoms with E-state index in [1.165, 1.54) is 0 Å². The second-order valence-corrected chi connectivity index (χ2v) is 3.76. The number of terminal acetylenes is 1. The van der Waals surface area contributed by atoms with Gasteiger partial charge < -0.3 is 15.0 Å². The molecule has 0 aromatic heterocycles. The molecular formula is C10H16N2O2. The van der Waals surface area contributed by atoms with Gasteiger partial charge in [0.1, 0.15) is 0 Å². The van der Waals surface area contributed by atoms with Crippen LogP contribution in [-0.4, -0.2) is 42.8 Å². The van der Waals surface area contributed by atoms with E-state index in [1.54, 1.807) is 18.7 Å². The van der Waals surface area contributed by atoms with Gasteiger partial charge in [0.25, 0.3) is 0 Å². The van der Waals surface area contributed by atoms with Gasteiger partial charge in [-0.05, 0) is 13.8 Å². The van der Waals surface area contributed by atoms with Crippen LogP contribution in [0.2, 0.25) is 0 Å². The summed E-state index contributed by atoms with van der Waals surface area (Å²) in [5.41, 5.74) is -0.818. The number of ether oxygens (including phenoxy) is 1. The number of carbonyl (C=O) groups excluding carboxylic acids is 1. The van der Waals surface area contributed by atoms with Gasteiger partial charge in [0.05, 0.1) is 0 Å². The topological polar surface area (TPSA) is 41.6 Å². The number of nitrogens with one attached hydrogen (secondary N) is 1. The Balaban J connectivity index is 2.45. The van der Waals surface area contributed by atoms with Crippen LogP contribution in [0.1, 0.15) is 13.8 Å². The SMILES string of the molecule is C#CC(C)(C)OC(=O)N1CCNCC1. The van der Waals surface area contributed by atoms with E-state index in [1.807, 2.05) is 0 Å². The molecule has 1 aliphatic heterocycles. The Hall–Kier alpha value is -1.21. The third-order valence-corrected chi connectivity index (χ3v) is 2.07. The lowest BCUT2D eigenvalue weighted by atomic mass is 10.1. The standard InChI is InChI=1S/C10H16N2O2/c1-4-10(2,3)14-9(13)12-7-5-11-6-8-12/h1,11H,5-8H2,2-3H3. The Morgan fingerprint density at radius 2 is 2.07 bits per heavy atom. The maximum atomic E-state index is 11.6. The molecule has 1 amide bonds. The summed E-state index contributed by atoms with van der Waals surface area (Å²) < 4.78 is 5.15. The predicted octanol–water partition coefficient (Wildman–Crippen LogP) is 0.440. The summed E-state index contributed by atoms with van der Waals surface area (Å²) in [4.78, 5) is 13.2. The van der Waals surface area contributed by atoms with Crippen molar-refractivity contribution in [2.45, 2.75) is 19.4 Å². The van der Waals surface area contributed by atoms with Crippen molar-refractivity contribution in [3.63, 3.8) is 0 Å². The molecule has 4 heteroatoms. The number of nitrogens with zero attached hydrogens (tertiary/aromatic N) is 1. The number of rotatable bonds is 1. The second kappa shape index (κ2) is 4.34. The largest absolute Gasteiger partial charge is 0.430 e. The van der Waals surface area contributed by atoms with E-state index in [9.17, 15) is 4.79 Å². The summed E-state index contributed by atoms with van der Waals surface area (Å²) in [6.45, 7) is 6.39. The fourth-order valence-corrected chi connectivity index (χ4v) is 1.16. The third-order valence-electron chi connectivity index (χ3n) is 2.07. The molecule has 0 spiro atoms. The van der Waals surface area contributed by atoms with Crippen molar-refractivity contribution in [2.75, 3.05) is 26.2 Å². The third kappa shape index (κ3) is 2.93. The zero-order valence-electron chi connectivity index (χ0n) is 8.67. The highest BCUT2D eigenvalue weighted by atomic mass is 16.6. The van der Waals surface area contributed by atoms with Crippen LogP contribution in [0.4, 0.5) is 4.79 Å². The minimum absolute atomic E-state index is 0.325. The molecule has 1 saturated heterocycles. The molecule has 4 nitrogen and oxygen atoms in total. The van der Waals surface area contributed by atoms with Crippen molar-refractivity contribution in [1.29, 1.82) is 0 Å². The van der Waals surface area contributed by atoms with Crippen molar-refractivity contribution < 1.29 is 9.53 Å². The van der Waals surface area contributed by atoms with Gasteiger partial charge in [0, 0.05) is 26.2 Å². The van der Waals surface area contributed by atoms with Gasteiger partial charge in [-0.3, -0.25) is 0 Å². The van der Waals surface area contributed by atoms with Crippen LogP contribution in [0.15, 0.2) is 0 Å². The maximum absolute atomic E-state index is 11.6. The van der Waals surface area contributed by atoms with Crippen LogP contribution in [-0.2, 0) is 4.74 Å². The van der Waals surface area contributed by atoms with Crippen molar-refractivity contribution in [3.8, 4) is 12.3 Å². The van der Waals surface area contributed by atoms with E-state index in [4.69, 9.17) is 11.2 Å². The molecule has 0 aromatic rings. The zero-order chi connectivity index (χ0) is 10.6. The van der Waals surface area contributed by atoms with Gasteiger partial charge in [-0.1, -0.05) is 5.92 Å². The summed E-state index contributed by atoms with van der Waals surface area (Å²) in [7, 11) is 0. The number of piperazine rings is 1. The first-order valence-electron chi connectivity index (χ1n) is 4.71. The highest BCUT2D eigenvalue weighted by molar-refractivity contribution is 5.68. The van der Waals surface area contributed by atoms with E-state index in [0.29, 0.717) is 13.1 Å². The molecule has 1 rings (SSSR count). The molecule has 0 unspecified atom stereocenters. The Labute approximate surface area is 84.6 Å². The molecule has 1 N–H and O–H groups in total. The quantitative estimate of drug-likeness (QED) is 0.619. The van der Waals surface area contributed by atoms with Gasteiger partial charge in [-0.15, -0.1) is 6.42 Å². The van der Waals surface area contributed by atoms with E-state index >= 15 is 0 Å². The van der Waals surface area contributed by atoms with E-state index in [2.05, 4.69) is 11.2 Å². The second-order valence-electron chi connectivity index (χ2n) is 3.76. The van der Waals surface area contributed by atoms with Crippen LogP contribution in [0.3, 0.4) is 0 Å². The molecule has 1 heterocycles. The normalized spacial score (nSPS) is 17.4. The van der Waals surface area contributed by atoms with Crippen molar-refractivity contribution in [3.05, 3.63) is 0 Å². The first-order chi connectivity index (χ1) is 6.55. The van der Waals surface area contributed by atoms with Gasteiger partial charge >= 0.3 is 6.09 Å². The molecule has 0 aliphatic carbocycles. The number of hydrogen-bond acceptors (Lipinski definition) is 3.